The van der Waals surface area contributed by atoms with Crippen LogP contribution in [0.3, 0.4) is 0 Å². The molecule has 0 bridgehead atoms. The SMILES string of the molecule is Cc1cc(C(=O)NC(C)c2cccc(S(N)(=O)=O)c2)c2cnn(C(C)C)c2n1. The Morgan fingerprint density at radius 2 is 1.93 bits per heavy atom. The zero-order chi connectivity index (χ0) is 20.6. The Balaban J connectivity index is 1.93. The lowest BCUT2D eigenvalue weighted by molar-refractivity contribution is 0.0941. The predicted molar refractivity (Wildman–Crippen MR) is 106 cm³/mol. The number of nitrogens with zero attached hydrogens (tertiary/aromatic N) is 3. The highest BCUT2D eigenvalue weighted by Gasteiger charge is 2.19. The van der Waals surface area contributed by atoms with E-state index < -0.39 is 16.1 Å². The Morgan fingerprint density at radius 3 is 2.57 bits per heavy atom. The summed E-state index contributed by atoms with van der Waals surface area (Å²) in [5.41, 5.74) is 2.48. The first kappa shape index (κ1) is 20.0. The number of benzene rings is 1. The van der Waals surface area contributed by atoms with Crippen LogP contribution in [-0.4, -0.2) is 29.1 Å². The van der Waals surface area contributed by atoms with E-state index in [1.807, 2.05) is 20.8 Å². The number of pyridine rings is 1. The minimum atomic E-state index is -3.81. The van der Waals surface area contributed by atoms with Gasteiger partial charge in [-0.1, -0.05) is 12.1 Å². The molecule has 2 aromatic heterocycles. The summed E-state index contributed by atoms with van der Waals surface area (Å²) in [7, 11) is -3.81. The molecule has 0 aliphatic carbocycles. The number of aryl methyl sites for hydroxylation is 1. The lowest BCUT2D eigenvalue weighted by Gasteiger charge is -2.16. The van der Waals surface area contributed by atoms with E-state index in [1.54, 1.807) is 36.0 Å². The van der Waals surface area contributed by atoms with E-state index in [-0.39, 0.29) is 16.8 Å². The summed E-state index contributed by atoms with van der Waals surface area (Å²) in [6.45, 7) is 7.60. The molecule has 9 heteroatoms. The van der Waals surface area contributed by atoms with Gasteiger partial charge in [0.05, 0.1) is 28.1 Å². The molecule has 1 atom stereocenters. The van der Waals surface area contributed by atoms with Crippen molar-refractivity contribution in [3.05, 3.63) is 53.3 Å². The molecule has 0 aliphatic rings. The zero-order valence-corrected chi connectivity index (χ0v) is 17.0. The summed E-state index contributed by atoms with van der Waals surface area (Å²) in [4.78, 5) is 17.5. The molecular weight excluding hydrogens is 378 g/mol. The van der Waals surface area contributed by atoms with Crippen LogP contribution in [0.25, 0.3) is 11.0 Å². The number of amides is 1. The first-order valence-corrected chi connectivity index (χ1v) is 10.4. The highest BCUT2D eigenvalue weighted by Crippen LogP contribution is 2.22. The maximum absolute atomic E-state index is 12.9. The molecule has 8 nitrogen and oxygen atoms in total. The van der Waals surface area contributed by atoms with Crippen molar-refractivity contribution in [1.82, 2.24) is 20.1 Å². The number of nitrogens with two attached hydrogens (primary N) is 1. The van der Waals surface area contributed by atoms with Crippen LogP contribution < -0.4 is 10.5 Å². The van der Waals surface area contributed by atoms with Gasteiger partial charge in [-0.05, 0) is 51.5 Å². The zero-order valence-electron chi connectivity index (χ0n) is 16.2. The fourth-order valence-electron chi connectivity index (χ4n) is 3.03. The van der Waals surface area contributed by atoms with Crippen LogP contribution in [0.15, 0.2) is 41.4 Å². The molecule has 0 spiro atoms. The third-order valence-electron chi connectivity index (χ3n) is 4.46. The lowest BCUT2D eigenvalue weighted by Crippen LogP contribution is -2.27. The molecule has 28 heavy (non-hydrogen) atoms. The molecule has 1 unspecified atom stereocenters. The molecular formula is C19H23N5O3S. The second-order valence-electron chi connectivity index (χ2n) is 7.04. The van der Waals surface area contributed by atoms with Gasteiger partial charge in [0.25, 0.3) is 5.91 Å². The molecule has 3 N–H and O–H groups in total. The summed E-state index contributed by atoms with van der Waals surface area (Å²) in [5, 5.41) is 13.1. The van der Waals surface area contributed by atoms with Crippen LogP contribution in [-0.2, 0) is 10.0 Å². The summed E-state index contributed by atoms with van der Waals surface area (Å²) in [6, 6.07) is 7.63. The Bertz CT molecular complexity index is 1150. The first-order valence-electron chi connectivity index (χ1n) is 8.86. The Morgan fingerprint density at radius 1 is 1.21 bits per heavy atom. The topological polar surface area (TPSA) is 120 Å². The standard InChI is InChI=1S/C19H23N5O3S/c1-11(2)24-18-17(10-21-24)16(8-12(3)22-18)19(25)23-13(4)14-6-5-7-15(9-14)28(20,26)27/h5-11,13H,1-4H3,(H,23,25)(H2,20,26,27). The summed E-state index contributed by atoms with van der Waals surface area (Å²) >= 11 is 0. The quantitative estimate of drug-likeness (QED) is 0.680. The van der Waals surface area contributed by atoms with Crippen molar-refractivity contribution in [3.8, 4) is 0 Å². The van der Waals surface area contributed by atoms with Crippen molar-refractivity contribution in [1.29, 1.82) is 0 Å². The van der Waals surface area contributed by atoms with Gasteiger partial charge in [0.2, 0.25) is 10.0 Å². The van der Waals surface area contributed by atoms with Gasteiger partial charge in [-0.3, -0.25) is 4.79 Å². The molecule has 0 saturated heterocycles. The molecule has 148 valence electrons. The van der Waals surface area contributed by atoms with E-state index in [0.717, 1.165) is 0 Å². The number of fused-ring (bicyclic) bond motifs is 1. The maximum atomic E-state index is 12.9. The van der Waals surface area contributed by atoms with Crippen LogP contribution in [0.2, 0.25) is 0 Å². The third kappa shape index (κ3) is 3.90. The number of sulfonamides is 1. The van der Waals surface area contributed by atoms with Crippen LogP contribution in [0.5, 0.6) is 0 Å². The van der Waals surface area contributed by atoms with E-state index in [0.29, 0.717) is 27.9 Å². The first-order chi connectivity index (χ1) is 13.1. The van der Waals surface area contributed by atoms with Gasteiger partial charge in [-0.15, -0.1) is 0 Å². The van der Waals surface area contributed by atoms with Gasteiger partial charge < -0.3 is 5.32 Å². The van der Waals surface area contributed by atoms with Crippen LogP contribution in [0.4, 0.5) is 0 Å². The number of carbonyl (C=O) groups is 1. The van der Waals surface area contributed by atoms with E-state index >= 15 is 0 Å². The minimum Gasteiger partial charge on any atom is -0.345 e. The number of carbonyl (C=O) groups excluding carboxylic acids is 1. The number of hydrogen-bond donors (Lipinski definition) is 2. The van der Waals surface area contributed by atoms with Crippen LogP contribution in [0, 0.1) is 6.92 Å². The second-order valence-corrected chi connectivity index (χ2v) is 8.61. The van der Waals surface area contributed by atoms with Gasteiger partial charge >= 0.3 is 0 Å². The average Bonchev–Trinajstić information content (AvgIpc) is 3.04. The van der Waals surface area contributed by atoms with E-state index in [1.165, 1.54) is 12.1 Å². The third-order valence-corrected chi connectivity index (χ3v) is 5.37. The molecule has 0 fully saturated rings. The van der Waals surface area contributed by atoms with Crippen LogP contribution >= 0.6 is 0 Å². The van der Waals surface area contributed by atoms with Gasteiger partial charge in [-0.25, -0.2) is 23.2 Å². The predicted octanol–water partition coefficient (Wildman–Crippen LogP) is 2.46. The second kappa shape index (κ2) is 7.33. The molecule has 0 radical (unpaired) electrons. The van der Waals surface area contributed by atoms with Crippen LogP contribution in [0.1, 0.15) is 54.5 Å². The van der Waals surface area contributed by atoms with Crippen molar-refractivity contribution in [2.75, 3.05) is 0 Å². The molecule has 3 rings (SSSR count). The highest BCUT2D eigenvalue weighted by molar-refractivity contribution is 7.89. The molecule has 1 aromatic carbocycles. The van der Waals surface area contributed by atoms with Crippen molar-refractivity contribution >= 4 is 27.0 Å². The van der Waals surface area contributed by atoms with Crippen molar-refractivity contribution in [3.63, 3.8) is 0 Å². The number of aromatic nitrogens is 3. The lowest BCUT2D eigenvalue weighted by atomic mass is 10.1. The molecule has 0 saturated carbocycles. The fourth-order valence-corrected chi connectivity index (χ4v) is 3.60. The Hall–Kier alpha value is -2.78. The van der Waals surface area contributed by atoms with Gasteiger partial charge in [0, 0.05) is 11.7 Å². The van der Waals surface area contributed by atoms with Gasteiger partial charge in [-0.2, -0.15) is 5.10 Å². The average molecular weight is 401 g/mol. The van der Waals surface area contributed by atoms with Crippen molar-refractivity contribution < 1.29 is 13.2 Å². The molecule has 1 amide bonds. The minimum absolute atomic E-state index is 0.00598. The van der Waals surface area contributed by atoms with Crippen molar-refractivity contribution in [2.45, 2.75) is 44.7 Å². The largest absolute Gasteiger partial charge is 0.345 e. The fraction of sp³-hybridized carbons (Fsp3) is 0.316. The van der Waals surface area contributed by atoms with E-state index in [4.69, 9.17) is 5.14 Å². The van der Waals surface area contributed by atoms with E-state index in [2.05, 4.69) is 15.4 Å². The number of primary sulfonamides is 1. The number of rotatable bonds is 5. The smallest absolute Gasteiger partial charge is 0.252 e. The Labute approximate surface area is 163 Å². The molecule has 2 heterocycles. The van der Waals surface area contributed by atoms with Gasteiger partial charge in [0.1, 0.15) is 0 Å². The summed E-state index contributed by atoms with van der Waals surface area (Å²) in [5.74, 6) is -0.285. The highest BCUT2D eigenvalue weighted by atomic mass is 32.2. The maximum Gasteiger partial charge on any atom is 0.252 e. The number of nitrogens with one attached hydrogen (secondary N) is 1. The summed E-state index contributed by atoms with van der Waals surface area (Å²) in [6.07, 6.45) is 1.64. The monoisotopic (exact) mass is 401 g/mol. The van der Waals surface area contributed by atoms with Crippen molar-refractivity contribution in [2.24, 2.45) is 5.14 Å². The van der Waals surface area contributed by atoms with E-state index in [9.17, 15) is 13.2 Å². The normalized spacial score (nSPS) is 13.1. The molecule has 3 aromatic rings. The molecule has 0 aliphatic heterocycles. The van der Waals surface area contributed by atoms with Gasteiger partial charge in [0.15, 0.2) is 5.65 Å². The summed E-state index contributed by atoms with van der Waals surface area (Å²) < 4.78 is 24.9. The Kier molecular flexibility index (Phi) is 5.22. The number of hydrogen-bond acceptors (Lipinski definition) is 5.